The van der Waals surface area contributed by atoms with E-state index in [2.05, 4.69) is 5.32 Å². The maximum Gasteiger partial charge on any atom is 0.272 e. The number of nitrogens with zero attached hydrogens (tertiary/aromatic N) is 1. The zero-order valence-corrected chi connectivity index (χ0v) is 12.4. The van der Waals surface area contributed by atoms with Crippen LogP contribution in [0.3, 0.4) is 0 Å². The molecule has 6 heteroatoms. The molecule has 0 aromatic heterocycles. The van der Waals surface area contributed by atoms with Crippen LogP contribution in [0.2, 0.25) is 0 Å². The lowest BCUT2D eigenvalue weighted by atomic mass is 10.1. The van der Waals surface area contributed by atoms with E-state index in [0.717, 1.165) is 17.0 Å². The van der Waals surface area contributed by atoms with Crippen LogP contribution in [0.15, 0.2) is 42.5 Å². The highest BCUT2D eigenvalue weighted by molar-refractivity contribution is 7.81. The molecule has 0 spiro atoms. The van der Waals surface area contributed by atoms with Crippen molar-refractivity contribution >= 4 is 28.6 Å². The maximum absolute atomic E-state index is 10.8. The van der Waals surface area contributed by atoms with Crippen LogP contribution in [0, 0.1) is 17.0 Å². The van der Waals surface area contributed by atoms with E-state index < -0.39 is 4.92 Å². The normalized spacial score (nSPS) is 10.0. The number of aryl methyl sites for hydroxylation is 1. The number of hydrogen-bond donors (Lipinski definition) is 1. The topological polar surface area (TPSA) is 64.4 Å². The van der Waals surface area contributed by atoms with Gasteiger partial charge in [-0.1, -0.05) is 12.2 Å². The lowest BCUT2D eigenvalue weighted by molar-refractivity contribution is -0.385. The number of nitro groups is 1. The first-order valence-corrected chi connectivity index (χ1v) is 6.62. The average molecular weight is 302 g/mol. The Labute approximate surface area is 127 Å². The van der Waals surface area contributed by atoms with Crippen LogP contribution < -0.4 is 10.1 Å². The number of rotatable bonds is 4. The van der Waals surface area contributed by atoms with Gasteiger partial charge in [0, 0.05) is 22.9 Å². The lowest BCUT2D eigenvalue weighted by Crippen LogP contribution is -2.10. The molecule has 0 fully saturated rings. The minimum atomic E-state index is -0.404. The molecule has 5 nitrogen and oxygen atoms in total. The summed E-state index contributed by atoms with van der Waals surface area (Å²) in [6.07, 6.45) is 0. The van der Waals surface area contributed by atoms with E-state index in [1.54, 1.807) is 26.2 Å². The highest BCUT2D eigenvalue weighted by atomic mass is 32.1. The molecule has 0 bridgehead atoms. The Hall–Kier alpha value is -2.47. The summed E-state index contributed by atoms with van der Waals surface area (Å²) in [5.74, 6) is 0.762. The summed E-state index contributed by atoms with van der Waals surface area (Å²) in [5, 5.41) is 13.9. The van der Waals surface area contributed by atoms with Gasteiger partial charge < -0.3 is 10.1 Å². The summed E-state index contributed by atoms with van der Waals surface area (Å²) in [5.41, 5.74) is 2.24. The second-order valence-electron chi connectivity index (χ2n) is 4.44. The van der Waals surface area contributed by atoms with Gasteiger partial charge in [0.05, 0.1) is 12.0 Å². The van der Waals surface area contributed by atoms with Crippen molar-refractivity contribution in [3.05, 3.63) is 63.7 Å². The van der Waals surface area contributed by atoms with Crippen LogP contribution in [-0.4, -0.2) is 17.0 Å². The maximum atomic E-state index is 10.8. The molecule has 1 N–H and O–H groups in total. The molecular weight excluding hydrogens is 288 g/mol. The number of ether oxygens (including phenoxy) is 1. The van der Waals surface area contributed by atoms with Gasteiger partial charge >= 0.3 is 0 Å². The summed E-state index contributed by atoms with van der Waals surface area (Å²) >= 11 is 5.32. The Morgan fingerprint density at radius 1 is 1.24 bits per heavy atom. The summed E-state index contributed by atoms with van der Waals surface area (Å²) < 4.78 is 5.09. The predicted octanol–water partition coefficient (Wildman–Crippen LogP) is 3.70. The Bertz CT molecular complexity index is 684. The van der Waals surface area contributed by atoms with Crippen LogP contribution in [0.4, 0.5) is 11.4 Å². The summed E-state index contributed by atoms with van der Waals surface area (Å²) in [6.45, 7) is 1.69. The highest BCUT2D eigenvalue weighted by Gasteiger charge is 2.12. The van der Waals surface area contributed by atoms with Gasteiger partial charge in [-0.05, 0) is 43.3 Å². The zero-order valence-electron chi connectivity index (χ0n) is 11.6. The summed E-state index contributed by atoms with van der Waals surface area (Å²) in [6, 6.07) is 12.2. The molecule has 0 atom stereocenters. The van der Waals surface area contributed by atoms with Crippen molar-refractivity contribution in [1.29, 1.82) is 0 Å². The van der Waals surface area contributed by atoms with Crippen LogP contribution in [0.1, 0.15) is 11.1 Å². The van der Waals surface area contributed by atoms with Crippen LogP contribution in [0.25, 0.3) is 0 Å². The minimum absolute atomic E-state index is 0.0889. The largest absolute Gasteiger partial charge is 0.497 e. The number of nitrogens with one attached hydrogen (secondary N) is 1. The van der Waals surface area contributed by atoms with E-state index in [0.29, 0.717) is 10.6 Å². The fourth-order valence-electron chi connectivity index (χ4n) is 1.88. The van der Waals surface area contributed by atoms with Gasteiger partial charge in [0.2, 0.25) is 0 Å². The molecule has 0 aliphatic heterocycles. The fraction of sp³-hybridized carbons (Fsp3) is 0.133. The average Bonchev–Trinajstić information content (AvgIpc) is 2.47. The molecule has 2 aromatic rings. The van der Waals surface area contributed by atoms with Crippen molar-refractivity contribution in [3.8, 4) is 5.75 Å². The number of hydrogen-bond acceptors (Lipinski definition) is 4. The molecule has 0 unspecified atom stereocenters. The number of anilines is 1. The van der Waals surface area contributed by atoms with Crippen molar-refractivity contribution in [2.75, 3.05) is 12.4 Å². The molecule has 21 heavy (non-hydrogen) atoms. The van der Waals surface area contributed by atoms with Gasteiger partial charge in [-0.25, -0.2) is 0 Å². The van der Waals surface area contributed by atoms with Crippen molar-refractivity contribution in [2.45, 2.75) is 6.92 Å². The van der Waals surface area contributed by atoms with E-state index in [4.69, 9.17) is 17.0 Å². The van der Waals surface area contributed by atoms with Crippen molar-refractivity contribution in [1.82, 2.24) is 0 Å². The highest BCUT2D eigenvalue weighted by Crippen LogP contribution is 2.21. The molecule has 0 aliphatic carbocycles. The van der Waals surface area contributed by atoms with E-state index in [1.807, 2.05) is 24.3 Å². The van der Waals surface area contributed by atoms with Crippen molar-refractivity contribution < 1.29 is 9.66 Å². The molecule has 0 saturated carbocycles. The van der Waals surface area contributed by atoms with Gasteiger partial charge in [-0.15, -0.1) is 0 Å². The zero-order chi connectivity index (χ0) is 15.4. The first kappa shape index (κ1) is 14.9. The molecule has 0 heterocycles. The van der Waals surface area contributed by atoms with E-state index in [9.17, 15) is 10.1 Å². The molecule has 0 aliphatic rings. The first-order valence-electron chi connectivity index (χ1n) is 6.21. The van der Waals surface area contributed by atoms with Crippen molar-refractivity contribution in [2.24, 2.45) is 0 Å². The van der Waals surface area contributed by atoms with Crippen molar-refractivity contribution in [3.63, 3.8) is 0 Å². The molecule has 0 saturated heterocycles. The monoisotopic (exact) mass is 302 g/mol. The third-order valence-corrected chi connectivity index (χ3v) is 3.34. The van der Waals surface area contributed by atoms with E-state index >= 15 is 0 Å². The predicted molar refractivity (Wildman–Crippen MR) is 86.2 cm³/mol. The fourth-order valence-corrected chi connectivity index (χ4v) is 2.12. The number of methoxy groups -OCH3 is 1. The Morgan fingerprint density at radius 2 is 1.90 bits per heavy atom. The molecule has 2 aromatic carbocycles. The SMILES string of the molecule is COc1ccc(NC(=S)c2ccc([N+](=O)[O-])c(C)c2)cc1. The second kappa shape index (κ2) is 6.32. The smallest absolute Gasteiger partial charge is 0.272 e. The Morgan fingerprint density at radius 3 is 2.43 bits per heavy atom. The molecule has 0 radical (unpaired) electrons. The Kier molecular flexibility index (Phi) is 4.49. The van der Waals surface area contributed by atoms with Gasteiger partial charge in [0.25, 0.3) is 5.69 Å². The Balaban J connectivity index is 2.16. The van der Waals surface area contributed by atoms with Crippen LogP contribution in [-0.2, 0) is 0 Å². The number of benzene rings is 2. The van der Waals surface area contributed by atoms with Gasteiger partial charge in [-0.2, -0.15) is 0 Å². The number of thiocarbonyl (C=S) groups is 1. The molecule has 0 amide bonds. The standard InChI is InChI=1S/C15H14N2O3S/c1-10-9-11(3-8-14(10)17(18)19)15(21)16-12-4-6-13(20-2)7-5-12/h3-9H,1-2H3,(H,16,21). The van der Waals surface area contributed by atoms with E-state index in [1.165, 1.54) is 6.07 Å². The first-order chi connectivity index (χ1) is 10.0. The van der Waals surface area contributed by atoms with E-state index in [-0.39, 0.29) is 5.69 Å². The van der Waals surface area contributed by atoms with Gasteiger partial charge in [-0.3, -0.25) is 10.1 Å². The third kappa shape index (κ3) is 3.55. The number of nitro benzene ring substituents is 1. The molecule has 108 valence electrons. The van der Waals surface area contributed by atoms with Gasteiger partial charge in [0.1, 0.15) is 10.7 Å². The summed E-state index contributed by atoms with van der Waals surface area (Å²) in [7, 11) is 1.60. The quantitative estimate of drug-likeness (QED) is 0.530. The second-order valence-corrected chi connectivity index (χ2v) is 4.85. The lowest BCUT2D eigenvalue weighted by Gasteiger charge is -2.09. The molecular formula is C15H14N2O3S. The molecule has 2 rings (SSSR count). The van der Waals surface area contributed by atoms with Crippen LogP contribution in [0.5, 0.6) is 5.75 Å². The van der Waals surface area contributed by atoms with Crippen LogP contribution >= 0.6 is 12.2 Å². The summed E-state index contributed by atoms with van der Waals surface area (Å²) in [4.78, 5) is 10.9. The van der Waals surface area contributed by atoms with Gasteiger partial charge in [0.15, 0.2) is 0 Å². The minimum Gasteiger partial charge on any atom is -0.497 e. The third-order valence-electron chi connectivity index (χ3n) is 3.00.